The molecule has 0 aliphatic carbocycles. The van der Waals surface area contributed by atoms with E-state index in [1.807, 2.05) is 18.9 Å². The van der Waals surface area contributed by atoms with Crippen LogP contribution in [0.15, 0.2) is 13.2 Å². The third kappa shape index (κ3) is 2.31. The number of Topliss-reactive ketones (excluding diaryl/α,β-unsaturated/α-hetero) is 1. The summed E-state index contributed by atoms with van der Waals surface area (Å²) in [5.74, 6) is 0.660. The maximum absolute atomic E-state index is 10.7. The zero-order valence-electron chi connectivity index (χ0n) is 6.76. The second-order valence-electron chi connectivity index (χ2n) is 2.56. The van der Waals surface area contributed by atoms with Crippen LogP contribution in [0.2, 0.25) is 0 Å². The highest BCUT2D eigenvalue weighted by Crippen LogP contribution is 2.07. The van der Waals surface area contributed by atoms with Crippen molar-refractivity contribution in [3.8, 4) is 0 Å². The number of ketones is 1. The Balaban J connectivity index is 0.000000371. The molecule has 0 saturated carbocycles. The van der Waals surface area contributed by atoms with Crippen LogP contribution in [-0.2, 0) is 4.79 Å². The molecule has 0 bridgehead atoms. The lowest BCUT2D eigenvalue weighted by Crippen LogP contribution is -2.13. The van der Waals surface area contributed by atoms with E-state index >= 15 is 0 Å². The Morgan fingerprint density at radius 2 is 2.10 bits per heavy atom. The molecule has 0 spiro atoms. The Kier molecular flexibility index (Phi) is 3.96. The minimum Gasteiger partial charge on any atom is -0.298 e. The number of hydrogen-bond acceptors (Lipinski definition) is 2. The Morgan fingerprint density at radius 1 is 1.60 bits per heavy atom. The van der Waals surface area contributed by atoms with Crippen molar-refractivity contribution in [3.05, 3.63) is 13.2 Å². The molecule has 2 heteroatoms. The van der Waals surface area contributed by atoms with E-state index in [-0.39, 0.29) is 5.92 Å². The van der Waals surface area contributed by atoms with Gasteiger partial charge in [-0.1, -0.05) is 6.92 Å². The smallest absolute Gasteiger partial charge is 0.150 e. The molecule has 58 valence electrons. The van der Waals surface area contributed by atoms with Crippen LogP contribution in [0.5, 0.6) is 0 Å². The molecule has 1 unspecified atom stereocenters. The van der Waals surface area contributed by atoms with Crippen molar-refractivity contribution in [2.24, 2.45) is 5.92 Å². The average Bonchev–Trinajstić information content (AvgIpc) is 2.16. The van der Waals surface area contributed by atoms with Gasteiger partial charge in [0.1, 0.15) is 0 Å². The summed E-state index contributed by atoms with van der Waals surface area (Å²) in [6.45, 7) is 9.58. The fourth-order valence-corrected chi connectivity index (χ4v) is 1.06. The normalized spacial score (nSPS) is 25.8. The molecule has 1 atom stereocenters. The minimum atomic E-state index is 0.278. The highest BCUT2D eigenvalue weighted by Gasteiger charge is 2.23. The van der Waals surface area contributed by atoms with Crippen LogP contribution < -0.4 is 0 Å². The first kappa shape index (κ1) is 9.37. The van der Waals surface area contributed by atoms with Gasteiger partial charge in [0.05, 0.1) is 6.54 Å². The van der Waals surface area contributed by atoms with Gasteiger partial charge in [-0.05, 0) is 7.05 Å². The predicted molar refractivity (Wildman–Crippen MR) is 42.9 cm³/mol. The van der Waals surface area contributed by atoms with E-state index in [1.165, 1.54) is 0 Å². The highest BCUT2D eigenvalue weighted by atomic mass is 16.1. The van der Waals surface area contributed by atoms with Gasteiger partial charge < -0.3 is 0 Å². The first-order chi connectivity index (χ1) is 4.70. The average molecular weight is 141 g/mol. The SMILES string of the molecule is C=C.CC1CN(C)CC1=O. The molecule has 1 aliphatic rings. The van der Waals surface area contributed by atoms with E-state index in [4.69, 9.17) is 0 Å². The summed E-state index contributed by atoms with van der Waals surface area (Å²) in [6.07, 6.45) is 0. The van der Waals surface area contributed by atoms with Crippen molar-refractivity contribution in [2.75, 3.05) is 20.1 Å². The van der Waals surface area contributed by atoms with Crippen molar-refractivity contribution in [3.63, 3.8) is 0 Å². The van der Waals surface area contributed by atoms with Crippen LogP contribution in [0.1, 0.15) is 6.92 Å². The molecular formula is C8H15NO. The van der Waals surface area contributed by atoms with Gasteiger partial charge in [-0.2, -0.15) is 0 Å². The summed E-state index contributed by atoms with van der Waals surface area (Å²) in [4.78, 5) is 12.8. The highest BCUT2D eigenvalue weighted by molar-refractivity contribution is 5.84. The van der Waals surface area contributed by atoms with Crippen LogP contribution in [0, 0.1) is 5.92 Å². The van der Waals surface area contributed by atoms with E-state index in [0.29, 0.717) is 12.3 Å². The molecule has 1 fully saturated rings. The van der Waals surface area contributed by atoms with Crippen LogP contribution in [0.3, 0.4) is 0 Å². The minimum absolute atomic E-state index is 0.278. The lowest BCUT2D eigenvalue weighted by atomic mass is 10.1. The van der Waals surface area contributed by atoms with Gasteiger partial charge in [-0.3, -0.25) is 9.69 Å². The summed E-state index contributed by atoms with van der Waals surface area (Å²) < 4.78 is 0. The third-order valence-corrected chi connectivity index (χ3v) is 1.56. The monoisotopic (exact) mass is 141 g/mol. The van der Waals surface area contributed by atoms with Crippen LogP contribution in [-0.4, -0.2) is 30.8 Å². The lowest BCUT2D eigenvalue weighted by molar-refractivity contribution is -0.119. The summed E-state index contributed by atoms with van der Waals surface area (Å²) in [5.41, 5.74) is 0. The Hall–Kier alpha value is -0.630. The van der Waals surface area contributed by atoms with Crippen molar-refractivity contribution >= 4 is 5.78 Å². The Labute approximate surface area is 62.5 Å². The molecule has 10 heavy (non-hydrogen) atoms. The van der Waals surface area contributed by atoms with Crippen molar-refractivity contribution < 1.29 is 4.79 Å². The molecule has 0 amide bonds. The molecule has 1 heterocycles. The van der Waals surface area contributed by atoms with E-state index in [1.54, 1.807) is 0 Å². The summed E-state index contributed by atoms with van der Waals surface area (Å²) in [6, 6.07) is 0. The van der Waals surface area contributed by atoms with Crippen molar-refractivity contribution in [1.29, 1.82) is 0 Å². The van der Waals surface area contributed by atoms with Gasteiger partial charge in [0.25, 0.3) is 0 Å². The number of carbonyl (C=O) groups is 1. The molecule has 0 N–H and O–H groups in total. The molecule has 1 saturated heterocycles. The standard InChI is InChI=1S/C6H11NO.C2H4/c1-5-3-7(2)4-6(5)8;1-2/h5H,3-4H2,1-2H3;1-2H2. The quantitative estimate of drug-likeness (QED) is 0.468. The van der Waals surface area contributed by atoms with Crippen molar-refractivity contribution in [1.82, 2.24) is 4.90 Å². The van der Waals surface area contributed by atoms with E-state index < -0.39 is 0 Å². The molecule has 1 rings (SSSR count). The summed E-state index contributed by atoms with van der Waals surface area (Å²) in [5, 5.41) is 0. The zero-order valence-corrected chi connectivity index (χ0v) is 6.76. The maximum atomic E-state index is 10.7. The fraction of sp³-hybridized carbons (Fsp3) is 0.625. The van der Waals surface area contributed by atoms with Gasteiger partial charge in [0.2, 0.25) is 0 Å². The second kappa shape index (κ2) is 4.23. The number of carbonyl (C=O) groups excluding carboxylic acids is 1. The number of rotatable bonds is 0. The molecule has 0 aromatic rings. The molecule has 1 aliphatic heterocycles. The van der Waals surface area contributed by atoms with Crippen LogP contribution in [0.25, 0.3) is 0 Å². The molecule has 0 aromatic carbocycles. The maximum Gasteiger partial charge on any atom is 0.150 e. The number of likely N-dealkylation sites (N-methyl/N-ethyl adjacent to an activating group) is 1. The second-order valence-corrected chi connectivity index (χ2v) is 2.56. The van der Waals surface area contributed by atoms with E-state index in [0.717, 1.165) is 6.54 Å². The van der Waals surface area contributed by atoms with Crippen molar-refractivity contribution in [2.45, 2.75) is 6.92 Å². The molecule has 0 radical (unpaired) electrons. The van der Waals surface area contributed by atoms with Crippen LogP contribution in [0.4, 0.5) is 0 Å². The zero-order chi connectivity index (χ0) is 8.15. The Bertz CT molecular complexity index is 122. The fourth-order valence-electron chi connectivity index (χ4n) is 1.06. The first-order valence-corrected chi connectivity index (χ1v) is 3.41. The van der Waals surface area contributed by atoms with E-state index in [2.05, 4.69) is 13.2 Å². The summed E-state index contributed by atoms with van der Waals surface area (Å²) >= 11 is 0. The molecule has 0 aromatic heterocycles. The first-order valence-electron chi connectivity index (χ1n) is 3.41. The Morgan fingerprint density at radius 3 is 2.20 bits per heavy atom. The third-order valence-electron chi connectivity index (χ3n) is 1.56. The van der Waals surface area contributed by atoms with Gasteiger partial charge in [-0.15, -0.1) is 13.2 Å². The largest absolute Gasteiger partial charge is 0.298 e. The lowest BCUT2D eigenvalue weighted by Gasteiger charge is -2.01. The van der Waals surface area contributed by atoms with Crippen LogP contribution >= 0.6 is 0 Å². The van der Waals surface area contributed by atoms with Gasteiger partial charge in [0, 0.05) is 12.5 Å². The van der Waals surface area contributed by atoms with Gasteiger partial charge in [0.15, 0.2) is 5.78 Å². The summed E-state index contributed by atoms with van der Waals surface area (Å²) in [7, 11) is 1.97. The number of likely N-dealkylation sites (tertiary alicyclic amines) is 1. The topological polar surface area (TPSA) is 20.3 Å². The van der Waals surface area contributed by atoms with Gasteiger partial charge in [-0.25, -0.2) is 0 Å². The molecule has 2 nitrogen and oxygen atoms in total. The molecular weight excluding hydrogens is 126 g/mol. The van der Waals surface area contributed by atoms with E-state index in [9.17, 15) is 4.79 Å². The number of nitrogens with zero attached hydrogens (tertiary/aromatic N) is 1. The number of hydrogen-bond donors (Lipinski definition) is 0. The predicted octanol–water partition coefficient (Wildman–Crippen LogP) is 0.939. The van der Waals surface area contributed by atoms with Gasteiger partial charge >= 0.3 is 0 Å².